The average molecular weight is 314 g/mol. The quantitative estimate of drug-likeness (QED) is 0.907. The Balaban J connectivity index is 2.14. The first-order chi connectivity index (χ1) is 8.18. The second-order valence-corrected chi connectivity index (χ2v) is 5.00. The molecule has 0 aliphatic carbocycles. The van der Waals surface area contributed by atoms with Gasteiger partial charge in [-0.15, -0.1) is 16.4 Å². The second-order valence-electron chi connectivity index (χ2n) is 3.14. The van der Waals surface area contributed by atoms with Crippen molar-refractivity contribution in [2.24, 2.45) is 0 Å². The maximum Gasteiger partial charge on any atom is 0.339 e. The van der Waals surface area contributed by atoms with Crippen molar-refractivity contribution < 1.29 is 9.90 Å². The summed E-state index contributed by atoms with van der Waals surface area (Å²) in [5.74, 6) is -0.743. The topological polar surface area (TPSA) is 75.1 Å². The second kappa shape index (κ2) is 5.24. The van der Waals surface area contributed by atoms with Gasteiger partial charge in [-0.25, -0.2) is 4.79 Å². The summed E-state index contributed by atoms with van der Waals surface area (Å²) < 4.78 is 0.996. The predicted molar refractivity (Wildman–Crippen MR) is 68.3 cm³/mol. The van der Waals surface area contributed by atoms with Crippen LogP contribution in [0.5, 0.6) is 0 Å². The van der Waals surface area contributed by atoms with Gasteiger partial charge >= 0.3 is 5.97 Å². The van der Waals surface area contributed by atoms with Crippen molar-refractivity contribution in [3.8, 4) is 0 Å². The average Bonchev–Trinajstić information content (AvgIpc) is 2.72. The Morgan fingerprint density at radius 2 is 2.35 bits per heavy atom. The van der Waals surface area contributed by atoms with Gasteiger partial charge in [0.25, 0.3) is 0 Å². The molecule has 0 bridgehead atoms. The van der Waals surface area contributed by atoms with Gasteiger partial charge in [0.1, 0.15) is 5.56 Å². The van der Waals surface area contributed by atoms with Crippen molar-refractivity contribution in [3.05, 3.63) is 38.6 Å². The molecule has 0 saturated carbocycles. The van der Waals surface area contributed by atoms with E-state index in [1.807, 2.05) is 11.4 Å². The maximum absolute atomic E-state index is 10.9. The summed E-state index contributed by atoms with van der Waals surface area (Å²) >= 11 is 4.98. The maximum atomic E-state index is 10.9. The fourth-order valence-electron chi connectivity index (χ4n) is 1.25. The smallest absolute Gasteiger partial charge is 0.339 e. The van der Waals surface area contributed by atoms with Gasteiger partial charge in [-0.3, -0.25) is 0 Å². The van der Waals surface area contributed by atoms with Crippen molar-refractivity contribution in [3.63, 3.8) is 0 Å². The van der Waals surface area contributed by atoms with Crippen LogP contribution in [0.2, 0.25) is 0 Å². The van der Waals surface area contributed by atoms with E-state index >= 15 is 0 Å². The van der Waals surface area contributed by atoms with Crippen LogP contribution in [-0.4, -0.2) is 21.3 Å². The first-order valence-corrected chi connectivity index (χ1v) is 6.36. The van der Waals surface area contributed by atoms with Gasteiger partial charge < -0.3 is 10.4 Å². The molecule has 0 spiro atoms. The Kier molecular flexibility index (Phi) is 3.70. The van der Waals surface area contributed by atoms with Gasteiger partial charge in [-0.1, -0.05) is 0 Å². The SMILES string of the molecule is O=C(O)c1ccnnc1NCc1sccc1Br. The lowest BCUT2D eigenvalue weighted by atomic mass is 10.3. The number of carboxylic acid groups (broad SMARTS) is 1. The zero-order chi connectivity index (χ0) is 12.3. The van der Waals surface area contributed by atoms with Gasteiger partial charge in [0.15, 0.2) is 5.82 Å². The van der Waals surface area contributed by atoms with E-state index in [-0.39, 0.29) is 11.4 Å². The summed E-state index contributed by atoms with van der Waals surface area (Å²) in [6.45, 7) is 0.511. The molecule has 5 nitrogen and oxygen atoms in total. The Morgan fingerprint density at radius 1 is 1.53 bits per heavy atom. The first-order valence-electron chi connectivity index (χ1n) is 4.69. The summed E-state index contributed by atoms with van der Waals surface area (Å²) in [5, 5.41) is 21.3. The first kappa shape index (κ1) is 12.0. The number of aromatic carboxylic acids is 1. The van der Waals surface area contributed by atoms with E-state index in [1.165, 1.54) is 12.3 Å². The minimum absolute atomic E-state index is 0.118. The summed E-state index contributed by atoms with van der Waals surface area (Å²) in [7, 11) is 0. The number of halogens is 1. The van der Waals surface area contributed by atoms with Crippen LogP contribution in [0.4, 0.5) is 5.82 Å². The number of nitrogens with one attached hydrogen (secondary N) is 1. The van der Waals surface area contributed by atoms with E-state index in [2.05, 4.69) is 31.4 Å². The highest BCUT2D eigenvalue weighted by Crippen LogP contribution is 2.23. The molecule has 0 atom stereocenters. The van der Waals surface area contributed by atoms with Crippen molar-refractivity contribution in [2.75, 3.05) is 5.32 Å². The van der Waals surface area contributed by atoms with E-state index < -0.39 is 5.97 Å². The van der Waals surface area contributed by atoms with Crippen molar-refractivity contribution >= 4 is 39.1 Å². The highest BCUT2D eigenvalue weighted by atomic mass is 79.9. The van der Waals surface area contributed by atoms with Gasteiger partial charge in [0, 0.05) is 9.35 Å². The monoisotopic (exact) mass is 313 g/mol. The molecule has 2 rings (SSSR count). The molecule has 0 saturated heterocycles. The van der Waals surface area contributed by atoms with E-state index in [0.29, 0.717) is 6.54 Å². The number of hydrogen-bond donors (Lipinski definition) is 2. The van der Waals surface area contributed by atoms with E-state index in [9.17, 15) is 4.79 Å². The molecule has 2 aromatic heterocycles. The van der Waals surface area contributed by atoms with Crippen LogP contribution < -0.4 is 5.32 Å². The lowest BCUT2D eigenvalue weighted by molar-refractivity contribution is 0.0697. The number of carboxylic acids is 1. The third kappa shape index (κ3) is 2.80. The summed E-state index contributed by atoms with van der Waals surface area (Å²) in [4.78, 5) is 12.0. The standard InChI is InChI=1S/C10H8BrN3O2S/c11-7-2-4-17-8(7)5-12-9-6(10(15)16)1-3-13-14-9/h1-4H,5H2,(H,12,14)(H,15,16). The molecule has 0 aliphatic heterocycles. The zero-order valence-corrected chi connectivity index (χ0v) is 11.0. The molecular weight excluding hydrogens is 306 g/mol. The number of carbonyl (C=O) groups is 1. The molecule has 0 radical (unpaired) electrons. The molecule has 17 heavy (non-hydrogen) atoms. The molecule has 7 heteroatoms. The van der Waals surface area contributed by atoms with Gasteiger partial charge in [0.2, 0.25) is 0 Å². The van der Waals surface area contributed by atoms with Crippen LogP contribution in [0.3, 0.4) is 0 Å². The molecule has 0 aliphatic rings. The van der Waals surface area contributed by atoms with Crippen LogP contribution in [0, 0.1) is 0 Å². The number of nitrogens with zero attached hydrogens (tertiary/aromatic N) is 2. The van der Waals surface area contributed by atoms with Crippen molar-refractivity contribution in [2.45, 2.75) is 6.54 Å². The minimum atomic E-state index is -1.02. The van der Waals surface area contributed by atoms with Gasteiger partial charge in [-0.05, 0) is 33.4 Å². The molecular formula is C10H8BrN3O2S. The molecule has 2 N–H and O–H groups in total. The molecule has 2 heterocycles. The highest BCUT2D eigenvalue weighted by Gasteiger charge is 2.11. The third-order valence-corrected chi connectivity index (χ3v) is 3.98. The molecule has 88 valence electrons. The lowest BCUT2D eigenvalue weighted by Crippen LogP contribution is -2.08. The number of thiophene rings is 1. The van der Waals surface area contributed by atoms with Crippen LogP contribution >= 0.6 is 27.3 Å². The minimum Gasteiger partial charge on any atom is -0.478 e. The van der Waals surface area contributed by atoms with E-state index in [4.69, 9.17) is 5.11 Å². The zero-order valence-electron chi connectivity index (χ0n) is 8.55. The Labute approximate surface area is 110 Å². The van der Waals surface area contributed by atoms with Crippen LogP contribution in [0.1, 0.15) is 15.2 Å². The fraction of sp³-hybridized carbons (Fsp3) is 0.100. The van der Waals surface area contributed by atoms with Gasteiger partial charge in [0.05, 0.1) is 12.7 Å². The van der Waals surface area contributed by atoms with Crippen LogP contribution in [0.15, 0.2) is 28.2 Å². The predicted octanol–water partition coefficient (Wildman–Crippen LogP) is 2.61. The van der Waals surface area contributed by atoms with Crippen molar-refractivity contribution in [1.82, 2.24) is 10.2 Å². The number of rotatable bonds is 4. The van der Waals surface area contributed by atoms with E-state index in [0.717, 1.165) is 9.35 Å². The summed E-state index contributed by atoms with van der Waals surface area (Å²) in [6.07, 6.45) is 1.36. The number of aromatic nitrogens is 2. The Morgan fingerprint density at radius 3 is 3.00 bits per heavy atom. The molecule has 0 amide bonds. The van der Waals surface area contributed by atoms with Crippen molar-refractivity contribution in [1.29, 1.82) is 0 Å². The van der Waals surface area contributed by atoms with Gasteiger partial charge in [-0.2, -0.15) is 5.10 Å². The third-order valence-electron chi connectivity index (χ3n) is 2.06. The summed E-state index contributed by atoms with van der Waals surface area (Å²) in [6, 6.07) is 3.36. The Bertz CT molecular complexity index is 544. The number of anilines is 1. The Hall–Kier alpha value is -1.47. The largest absolute Gasteiger partial charge is 0.478 e. The lowest BCUT2D eigenvalue weighted by Gasteiger charge is -2.06. The highest BCUT2D eigenvalue weighted by molar-refractivity contribution is 9.10. The molecule has 2 aromatic rings. The molecule has 0 fully saturated rings. The molecule has 0 unspecified atom stereocenters. The van der Waals surface area contributed by atoms with Crippen LogP contribution in [0.25, 0.3) is 0 Å². The van der Waals surface area contributed by atoms with E-state index in [1.54, 1.807) is 11.3 Å². The summed E-state index contributed by atoms with van der Waals surface area (Å²) in [5.41, 5.74) is 0.118. The molecule has 0 aromatic carbocycles. The van der Waals surface area contributed by atoms with Crippen LogP contribution in [-0.2, 0) is 6.54 Å². The fourth-order valence-corrected chi connectivity index (χ4v) is 2.68. The normalized spacial score (nSPS) is 10.2. The number of hydrogen-bond acceptors (Lipinski definition) is 5.